The molecule has 128 valence electrons. The van der Waals surface area contributed by atoms with Crippen LogP contribution in [0.5, 0.6) is 0 Å². The Kier molecular flexibility index (Phi) is 5.91. The van der Waals surface area contributed by atoms with Gasteiger partial charge in [0.25, 0.3) is 10.0 Å². The molecule has 2 unspecified atom stereocenters. The van der Waals surface area contributed by atoms with Gasteiger partial charge in [-0.05, 0) is 32.0 Å². The lowest BCUT2D eigenvalue weighted by Crippen LogP contribution is -2.48. The van der Waals surface area contributed by atoms with Gasteiger partial charge in [-0.1, -0.05) is 23.2 Å². The van der Waals surface area contributed by atoms with Crippen LogP contribution in [0.3, 0.4) is 0 Å². The minimum atomic E-state index is -3.95. The molecule has 2 rings (SSSR count). The van der Waals surface area contributed by atoms with Gasteiger partial charge < -0.3 is 10.5 Å². The average molecular weight is 380 g/mol. The Morgan fingerprint density at radius 1 is 1.26 bits per heavy atom. The molecule has 1 heterocycles. The summed E-state index contributed by atoms with van der Waals surface area (Å²) in [7, 11) is -3.95. The summed E-state index contributed by atoms with van der Waals surface area (Å²) in [5.74, 6) is 0.0161. The van der Waals surface area contributed by atoms with Gasteiger partial charge in [0.15, 0.2) is 0 Å². The fraction of sp³-hybridized carbons (Fsp3) is 0.500. The molecule has 0 radical (unpaired) electrons. The molecular weight excluding hydrogens is 361 g/mol. The van der Waals surface area contributed by atoms with Crippen LogP contribution >= 0.6 is 23.2 Å². The smallest absolute Gasteiger partial charge is 0.284 e. The normalized spacial score (nSPS) is 23.9. The first-order chi connectivity index (χ1) is 10.7. The van der Waals surface area contributed by atoms with E-state index in [0.29, 0.717) is 13.1 Å². The van der Waals surface area contributed by atoms with E-state index in [2.05, 4.69) is 4.40 Å². The second kappa shape index (κ2) is 7.36. The number of nitrogens with two attached hydrogens (primary N) is 1. The number of benzene rings is 1. The first-order valence-corrected chi connectivity index (χ1v) is 9.28. The maximum atomic E-state index is 12.3. The molecule has 1 saturated heterocycles. The lowest BCUT2D eigenvalue weighted by atomic mass is 10.2. The van der Waals surface area contributed by atoms with Gasteiger partial charge in [0.05, 0.1) is 23.6 Å². The van der Waals surface area contributed by atoms with Crippen LogP contribution in [0.1, 0.15) is 13.8 Å². The molecule has 9 heteroatoms. The van der Waals surface area contributed by atoms with Gasteiger partial charge in [0.2, 0.25) is 0 Å². The first kappa shape index (κ1) is 18.5. The maximum Gasteiger partial charge on any atom is 0.284 e. The second-order valence-corrected chi connectivity index (χ2v) is 8.09. The standard InChI is InChI=1S/C14H19Cl2N3O3S/c1-9-6-19(7-10(2)22-9)8-14(17)18-23(20,21)13-4-11(15)3-12(16)5-13/h3-5,9-10H,6-8H2,1-2H3,(H2,17,18). The molecule has 1 aromatic carbocycles. The molecule has 1 aliphatic rings. The Morgan fingerprint density at radius 2 is 1.78 bits per heavy atom. The molecule has 0 spiro atoms. The largest absolute Gasteiger partial charge is 0.385 e. The fourth-order valence-electron chi connectivity index (χ4n) is 2.56. The van der Waals surface area contributed by atoms with Crippen molar-refractivity contribution in [3.05, 3.63) is 28.2 Å². The van der Waals surface area contributed by atoms with Gasteiger partial charge in [0, 0.05) is 23.1 Å². The summed E-state index contributed by atoms with van der Waals surface area (Å²) in [6, 6.07) is 4.03. The van der Waals surface area contributed by atoms with E-state index in [1.165, 1.54) is 18.2 Å². The monoisotopic (exact) mass is 379 g/mol. The number of morpholine rings is 1. The van der Waals surface area contributed by atoms with E-state index in [4.69, 9.17) is 33.7 Å². The highest BCUT2D eigenvalue weighted by molar-refractivity contribution is 7.90. The van der Waals surface area contributed by atoms with Crippen LogP contribution in [0.25, 0.3) is 0 Å². The van der Waals surface area contributed by atoms with E-state index in [-0.39, 0.29) is 39.5 Å². The molecule has 0 aromatic heterocycles. The van der Waals surface area contributed by atoms with Gasteiger partial charge in [-0.3, -0.25) is 4.90 Å². The zero-order chi connectivity index (χ0) is 17.2. The Balaban J connectivity index is 2.15. The van der Waals surface area contributed by atoms with Crippen molar-refractivity contribution in [2.45, 2.75) is 31.0 Å². The second-order valence-electron chi connectivity index (χ2n) is 5.61. The number of halogens is 2. The van der Waals surface area contributed by atoms with Crippen LogP contribution in [0, 0.1) is 0 Å². The Hall–Kier alpha value is -0.860. The summed E-state index contributed by atoms with van der Waals surface area (Å²) in [6.45, 7) is 5.51. The lowest BCUT2D eigenvalue weighted by Gasteiger charge is -2.34. The molecule has 1 aliphatic heterocycles. The summed E-state index contributed by atoms with van der Waals surface area (Å²) >= 11 is 11.7. The van der Waals surface area contributed by atoms with Gasteiger partial charge in [-0.2, -0.15) is 8.42 Å². The topological polar surface area (TPSA) is 85.0 Å². The van der Waals surface area contributed by atoms with Crippen LogP contribution in [-0.4, -0.2) is 51.0 Å². The minimum absolute atomic E-state index is 0.0161. The van der Waals surface area contributed by atoms with Gasteiger partial charge in [0.1, 0.15) is 5.84 Å². The highest BCUT2D eigenvalue weighted by Gasteiger charge is 2.23. The van der Waals surface area contributed by atoms with E-state index in [1.54, 1.807) is 0 Å². The molecule has 0 aliphatic carbocycles. The van der Waals surface area contributed by atoms with Crippen molar-refractivity contribution >= 4 is 39.1 Å². The molecule has 1 aromatic rings. The average Bonchev–Trinajstić information content (AvgIpc) is 2.34. The van der Waals surface area contributed by atoms with Crippen LogP contribution in [-0.2, 0) is 14.8 Å². The molecule has 1 fully saturated rings. The number of ether oxygens (including phenoxy) is 1. The number of hydrogen-bond acceptors (Lipinski definition) is 4. The lowest BCUT2D eigenvalue weighted by molar-refractivity contribution is -0.0635. The van der Waals surface area contributed by atoms with E-state index in [1.807, 2.05) is 18.7 Å². The Labute approximate surface area is 146 Å². The van der Waals surface area contributed by atoms with Crippen molar-refractivity contribution in [3.63, 3.8) is 0 Å². The highest BCUT2D eigenvalue weighted by Crippen LogP contribution is 2.23. The number of sulfonamides is 1. The maximum absolute atomic E-state index is 12.3. The molecule has 23 heavy (non-hydrogen) atoms. The Morgan fingerprint density at radius 3 is 2.30 bits per heavy atom. The highest BCUT2D eigenvalue weighted by atomic mass is 35.5. The van der Waals surface area contributed by atoms with Gasteiger partial charge in [-0.15, -0.1) is 4.40 Å². The zero-order valence-electron chi connectivity index (χ0n) is 12.9. The molecule has 0 bridgehead atoms. The van der Waals surface area contributed by atoms with Crippen molar-refractivity contribution in [2.24, 2.45) is 10.1 Å². The van der Waals surface area contributed by atoms with Crippen molar-refractivity contribution < 1.29 is 13.2 Å². The summed E-state index contributed by atoms with van der Waals surface area (Å²) < 4.78 is 33.9. The number of rotatable bonds is 4. The number of nitrogens with zero attached hydrogens (tertiary/aromatic N) is 2. The predicted octanol–water partition coefficient (Wildman–Crippen LogP) is 2.15. The molecule has 2 N–H and O–H groups in total. The van der Waals surface area contributed by atoms with Crippen molar-refractivity contribution in [1.82, 2.24) is 4.90 Å². The van der Waals surface area contributed by atoms with Gasteiger partial charge >= 0.3 is 0 Å². The number of amidine groups is 1. The van der Waals surface area contributed by atoms with Crippen LogP contribution in [0.15, 0.2) is 27.5 Å². The summed E-state index contributed by atoms with van der Waals surface area (Å²) in [4.78, 5) is 1.93. The van der Waals surface area contributed by atoms with Crippen LogP contribution in [0.4, 0.5) is 0 Å². The predicted molar refractivity (Wildman–Crippen MR) is 91.7 cm³/mol. The third kappa shape index (κ3) is 5.32. The van der Waals surface area contributed by atoms with E-state index >= 15 is 0 Å². The first-order valence-electron chi connectivity index (χ1n) is 7.09. The van der Waals surface area contributed by atoms with E-state index in [0.717, 1.165) is 0 Å². The van der Waals surface area contributed by atoms with E-state index < -0.39 is 10.0 Å². The molecule has 2 atom stereocenters. The minimum Gasteiger partial charge on any atom is -0.385 e. The van der Waals surface area contributed by atoms with Crippen LogP contribution < -0.4 is 5.73 Å². The van der Waals surface area contributed by atoms with Crippen molar-refractivity contribution in [2.75, 3.05) is 19.6 Å². The molecule has 0 amide bonds. The van der Waals surface area contributed by atoms with Gasteiger partial charge in [-0.25, -0.2) is 0 Å². The van der Waals surface area contributed by atoms with Crippen LogP contribution in [0.2, 0.25) is 10.0 Å². The molecule has 0 saturated carbocycles. The third-order valence-electron chi connectivity index (χ3n) is 3.25. The zero-order valence-corrected chi connectivity index (χ0v) is 15.2. The molecule has 6 nitrogen and oxygen atoms in total. The van der Waals surface area contributed by atoms with Crippen molar-refractivity contribution in [3.8, 4) is 0 Å². The Bertz CT molecular complexity index is 679. The third-order valence-corrected chi connectivity index (χ3v) is 4.99. The summed E-state index contributed by atoms with van der Waals surface area (Å²) in [5.41, 5.74) is 5.82. The summed E-state index contributed by atoms with van der Waals surface area (Å²) in [6.07, 6.45) is 0.129. The SMILES string of the molecule is CC1CN(C/C(N)=N/S(=O)(=O)c2cc(Cl)cc(Cl)c2)CC(C)O1. The van der Waals surface area contributed by atoms with E-state index in [9.17, 15) is 8.42 Å². The molecular formula is C14H19Cl2N3O3S. The number of hydrogen-bond donors (Lipinski definition) is 1. The summed E-state index contributed by atoms with van der Waals surface area (Å²) in [5, 5.41) is 0.446. The fourth-order valence-corrected chi connectivity index (χ4v) is 4.24. The van der Waals surface area contributed by atoms with Crippen molar-refractivity contribution in [1.29, 1.82) is 0 Å². The quantitative estimate of drug-likeness (QED) is 0.639.